The van der Waals surface area contributed by atoms with E-state index in [-0.39, 0.29) is 5.92 Å². The van der Waals surface area contributed by atoms with Crippen LogP contribution in [-0.4, -0.2) is 47.5 Å². The first-order chi connectivity index (χ1) is 16.2. The van der Waals surface area contributed by atoms with E-state index in [4.69, 9.17) is 15.0 Å². The molecular weight excluding hydrogens is 410 g/mol. The quantitative estimate of drug-likeness (QED) is 0.442. The molecule has 2 atom stereocenters. The number of aryl methyl sites for hydroxylation is 2. The number of H-pyrrole nitrogens is 1. The Balaban J connectivity index is 1.43. The first-order valence-electron chi connectivity index (χ1n) is 11.6. The van der Waals surface area contributed by atoms with Crippen LogP contribution in [0.15, 0.2) is 49.1 Å². The second-order valence-corrected chi connectivity index (χ2v) is 9.33. The third kappa shape index (κ3) is 2.78. The lowest BCUT2D eigenvalue weighted by Gasteiger charge is -2.35. The van der Waals surface area contributed by atoms with Gasteiger partial charge >= 0.3 is 0 Å². The number of nitrogens with zero attached hydrogens (tertiary/aromatic N) is 6. The Labute approximate surface area is 191 Å². The molecule has 0 amide bonds. The second kappa shape index (κ2) is 6.96. The molecule has 0 spiro atoms. The normalized spacial score (nSPS) is 20.4. The molecule has 1 fully saturated rings. The van der Waals surface area contributed by atoms with Crippen LogP contribution in [0.25, 0.3) is 33.2 Å². The van der Waals surface area contributed by atoms with Gasteiger partial charge in [0.2, 0.25) is 0 Å². The summed E-state index contributed by atoms with van der Waals surface area (Å²) in [5.74, 6) is 0.923. The van der Waals surface area contributed by atoms with E-state index >= 15 is 0 Å². The van der Waals surface area contributed by atoms with Crippen LogP contribution in [0.3, 0.4) is 0 Å². The number of nitrogens with one attached hydrogen (secondary N) is 1. The minimum Gasteiger partial charge on any atom is -0.355 e. The van der Waals surface area contributed by atoms with Crippen LogP contribution in [0.2, 0.25) is 0 Å². The van der Waals surface area contributed by atoms with Crippen molar-refractivity contribution < 1.29 is 0 Å². The molecule has 5 aromatic rings. The van der Waals surface area contributed by atoms with Gasteiger partial charge in [-0.2, -0.15) is 0 Å². The van der Waals surface area contributed by atoms with E-state index in [9.17, 15) is 0 Å². The van der Waals surface area contributed by atoms with Crippen molar-refractivity contribution in [2.75, 3.05) is 13.1 Å². The zero-order valence-electron chi connectivity index (χ0n) is 18.8. The van der Waals surface area contributed by atoms with Gasteiger partial charge in [-0.05, 0) is 44.5 Å². The predicted octanol–water partition coefficient (Wildman–Crippen LogP) is 4.50. The number of benzene rings is 1. The first kappa shape index (κ1) is 18.9. The van der Waals surface area contributed by atoms with Crippen LogP contribution in [0.4, 0.5) is 0 Å². The lowest BCUT2D eigenvalue weighted by molar-refractivity contribution is 0.229. The lowest BCUT2D eigenvalue weighted by Crippen LogP contribution is -2.35. The Bertz CT molecular complexity index is 1530. The molecule has 1 saturated heterocycles. The smallest absolute Gasteiger partial charge is 0.126 e. The van der Waals surface area contributed by atoms with Crippen LogP contribution in [0.1, 0.15) is 47.6 Å². The fraction of sp³-hybridized carbons (Fsp3) is 0.308. The van der Waals surface area contributed by atoms with Crippen molar-refractivity contribution in [1.29, 1.82) is 0 Å². The molecule has 0 radical (unpaired) electrons. The SMILES string of the molecule is Cc1ncc2[nH]c3c(c2n1)C1CCCN1CC3c1nccnc1-c1ccc2c(ccn2C)c1. The number of aromatic nitrogens is 6. The third-order valence-corrected chi connectivity index (χ3v) is 7.40. The Hall–Kier alpha value is -3.58. The van der Waals surface area contributed by atoms with Gasteiger partial charge in [-0.25, -0.2) is 9.97 Å². The molecule has 7 rings (SSSR count). The highest BCUT2D eigenvalue weighted by molar-refractivity contribution is 5.86. The van der Waals surface area contributed by atoms with E-state index in [1.54, 1.807) is 6.20 Å². The summed E-state index contributed by atoms with van der Waals surface area (Å²) in [5.41, 5.74) is 8.95. The summed E-state index contributed by atoms with van der Waals surface area (Å²) in [6.07, 6.45) is 10.0. The number of hydrogen-bond donors (Lipinski definition) is 1. The van der Waals surface area contributed by atoms with Crippen LogP contribution in [0.5, 0.6) is 0 Å². The van der Waals surface area contributed by atoms with E-state index in [1.807, 2.05) is 19.3 Å². The molecule has 7 heteroatoms. The Morgan fingerprint density at radius 2 is 2.00 bits per heavy atom. The highest BCUT2D eigenvalue weighted by Gasteiger charge is 2.41. The predicted molar refractivity (Wildman–Crippen MR) is 128 cm³/mol. The molecule has 4 aromatic heterocycles. The average molecular weight is 436 g/mol. The summed E-state index contributed by atoms with van der Waals surface area (Å²) in [6.45, 7) is 4.02. The molecule has 6 heterocycles. The van der Waals surface area contributed by atoms with E-state index in [0.717, 1.165) is 46.9 Å². The lowest BCUT2D eigenvalue weighted by atomic mass is 9.86. The highest BCUT2D eigenvalue weighted by Crippen LogP contribution is 2.47. The third-order valence-electron chi connectivity index (χ3n) is 7.40. The van der Waals surface area contributed by atoms with Crippen molar-refractivity contribution in [3.8, 4) is 11.3 Å². The van der Waals surface area contributed by atoms with Crippen LogP contribution >= 0.6 is 0 Å². The van der Waals surface area contributed by atoms with Gasteiger partial charge in [0.25, 0.3) is 0 Å². The zero-order chi connectivity index (χ0) is 22.1. The molecule has 0 saturated carbocycles. The molecule has 164 valence electrons. The number of fused-ring (bicyclic) bond motifs is 6. The summed E-state index contributed by atoms with van der Waals surface area (Å²) in [5, 5.41) is 1.21. The summed E-state index contributed by atoms with van der Waals surface area (Å²) < 4.78 is 2.14. The van der Waals surface area contributed by atoms with Gasteiger partial charge in [0.15, 0.2) is 0 Å². The van der Waals surface area contributed by atoms with Crippen molar-refractivity contribution in [2.24, 2.45) is 7.05 Å². The van der Waals surface area contributed by atoms with Crippen molar-refractivity contribution in [3.63, 3.8) is 0 Å². The van der Waals surface area contributed by atoms with E-state index in [1.165, 1.54) is 35.0 Å². The van der Waals surface area contributed by atoms with Gasteiger partial charge in [-0.1, -0.05) is 6.07 Å². The molecule has 7 nitrogen and oxygen atoms in total. The zero-order valence-corrected chi connectivity index (χ0v) is 18.8. The average Bonchev–Trinajstić information content (AvgIpc) is 3.55. The molecule has 2 aliphatic heterocycles. The van der Waals surface area contributed by atoms with Gasteiger partial charge in [-0.15, -0.1) is 0 Å². The number of hydrogen-bond acceptors (Lipinski definition) is 5. The molecular formula is C26H25N7. The minimum absolute atomic E-state index is 0.110. The van der Waals surface area contributed by atoms with Gasteiger partial charge in [0, 0.05) is 65.9 Å². The Morgan fingerprint density at radius 1 is 1.09 bits per heavy atom. The second-order valence-electron chi connectivity index (χ2n) is 9.33. The van der Waals surface area contributed by atoms with Gasteiger partial charge < -0.3 is 9.55 Å². The maximum atomic E-state index is 4.91. The molecule has 1 N–H and O–H groups in total. The van der Waals surface area contributed by atoms with Crippen molar-refractivity contribution >= 4 is 21.9 Å². The van der Waals surface area contributed by atoms with Gasteiger partial charge in [0.1, 0.15) is 5.82 Å². The van der Waals surface area contributed by atoms with Crippen LogP contribution < -0.4 is 0 Å². The number of aromatic amines is 1. The van der Waals surface area contributed by atoms with Crippen LogP contribution in [-0.2, 0) is 7.05 Å². The Morgan fingerprint density at radius 3 is 2.94 bits per heavy atom. The van der Waals surface area contributed by atoms with Crippen molar-refractivity contribution in [1.82, 2.24) is 34.4 Å². The molecule has 0 bridgehead atoms. The maximum absolute atomic E-state index is 4.91. The maximum Gasteiger partial charge on any atom is 0.126 e. The molecule has 1 aromatic carbocycles. The Kier molecular flexibility index (Phi) is 3.99. The van der Waals surface area contributed by atoms with E-state index in [0.29, 0.717) is 6.04 Å². The summed E-state index contributed by atoms with van der Waals surface area (Å²) in [4.78, 5) is 25.3. The summed E-state index contributed by atoms with van der Waals surface area (Å²) in [7, 11) is 2.08. The topological polar surface area (TPSA) is 75.5 Å². The van der Waals surface area contributed by atoms with Crippen molar-refractivity contribution in [2.45, 2.75) is 31.7 Å². The number of rotatable bonds is 2. The van der Waals surface area contributed by atoms with E-state index < -0.39 is 0 Å². The fourth-order valence-electron chi connectivity index (χ4n) is 5.89. The van der Waals surface area contributed by atoms with Crippen molar-refractivity contribution in [3.05, 3.63) is 71.8 Å². The largest absolute Gasteiger partial charge is 0.355 e. The van der Waals surface area contributed by atoms with Gasteiger partial charge in [0.05, 0.1) is 34.5 Å². The highest BCUT2D eigenvalue weighted by atomic mass is 15.2. The monoisotopic (exact) mass is 435 g/mol. The fourth-order valence-corrected chi connectivity index (χ4v) is 5.89. The molecule has 2 unspecified atom stereocenters. The first-order valence-corrected chi connectivity index (χ1v) is 11.6. The molecule has 0 aliphatic carbocycles. The van der Waals surface area contributed by atoms with Gasteiger partial charge in [-0.3, -0.25) is 14.9 Å². The molecule has 33 heavy (non-hydrogen) atoms. The van der Waals surface area contributed by atoms with E-state index in [2.05, 4.69) is 56.9 Å². The summed E-state index contributed by atoms with van der Waals surface area (Å²) >= 11 is 0. The summed E-state index contributed by atoms with van der Waals surface area (Å²) in [6, 6.07) is 9.14. The molecule has 2 aliphatic rings. The minimum atomic E-state index is 0.110. The van der Waals surface area contributed by atoms with Crippen LogP contribution in [0, 0.1) is 6.92 Å². The standard InChI is InChI=1S/C26H25N7/c1-15-29-13-19-26(30-15)22-21-4-3-10-33(21)14-18(24(22)31-19)25-23(27-8-9-28-25)17-5-6-20-16(12-17)7-11-32(20)2/h5-9,11-13,18,21,31H,3-4,10,14H2,1-2H3.